The van der Waals surface area contributed by atoms with Crippen LogP contribution in [0.4, 0.5) is 5.69 Å². The molecular formula is C11H15N3O4S. The molecule has 1 aromatic rings. The summed E-state index contributed by atoms with van der Waals surface area (Å²) in [7, 11) is -3.77. The van der Waals surface area contributed by atoms with Gasteiger partial charge in [0.2, 0.25) is 10.0 Å². The lowest BCUT2D eigenvalue weighted by atomic mass is 10.2. The molecule has 1 aliphatic heterocycles. The summed E-state index contributed by atoms with van der Waals surface area (Å²) in [6.07, 6.45) is 0.755. The summed E-state index contributed by atoms with van der Waals surface area (Å²) in [5, 5.41) is 10.7. The van der Waals surface area contributed by atoms with Crippen molar-refractivity contribution in [1.29, 1.82) is 0 Å². The van der Waals surface area contributed by atoms with Crippen molar-refractivity contribution < 1.29 is 13.3 Å². The molecule has 1 atom stereocenters. The number of rotatable bonds is 3. The van der Waals surface area contributed by atoms with Crippen LogP contribution in [0.25, 0.3) is 0 Å². The fraction of sp³-hybridized carbons (Fsp3) is 0.455. The lowest BCUT2D eigenvalue weighted by Gasteiger charge is -2.21. The first-order valence-electron chi connectivity index (χ1n) is 5.86. The maximum Gasteiger partial charge on any atom is 0.270 e. The molecule has 0 bridgehead atoms. The zero-order valence-corrected chi connectivity index (χ0v) is 11.3. The summed E-state index contributed by atoms with van der Waals surface area (Å²) in [6.45, 7) is 1.96. The van der Waals surface area contributed by atoms with Gasteiger partial charge in [-0.1, -0.05) is 6.07 Å². The normalized spacial score (nSPS) is 20.6. The second-order valence-electron chi connectivity index (χ2n) is 4.53. The van der Waals surface area contributed by atoms with Gasteiger partial charge in [-0.15, -0.1) is 0 Å². The van der Waals surface area contributed by atoms with E-state index in [9.17, 15) is 18.5 Å². The third-order valence-electron chi connectivity index (χ3n) is 3.22. The van der Waals surface area contributed by atoms with Gasteiger partial charge in [0, 0.05) is 18.7 Å². The fourth-order valence-corrected chi connectivity index (χ4v) is 4.00. The maximum atomic E-state index is 12.5. The van der Waals surface area contributed by atoms with Gasteiger partial charge in [0.15, 0.2) is 0 Å². The molecule has 19 heavy (non-hydrogen) atoms. The molecule has 0 amide bonds. The summed E-state index contributed by atoms with van der Waals surface area (Å²) in [4.78, 5) is 10.1. The molecule has 1 aliphatic rings. The van der Waals surface area contributed by atoms with E-state index in [-0.39, 0.29) is 10.6 Å². The zero-order valence-electron chi connectivity index (χ0n) is 10.4. The summed E-state index contributed by atoms with van der Waals surface area (Å²) >= 11 is 0. The molecule has 2 N–H and O–H groups in total. The molecule has 0 aliphatic carbocycles. The van der Waals surface area contributed by atoms with E-state index in [0.717, 1.165) is 6.07 Å². The van der Waals surface area contributed by atoms with Crippen molar-refractivity contribution in [2.75, 3.05) is 6.54 Å². The van der Waals surface area contributed by atoms with Crippen LogP contribution in [-0.4, -0.2) is 30.4 Å². The van der Waals surface area contributed by atoms with E-state index in [1.807, 2.05) is 0 Å². The Balaban J connectivity index is 2.51. The van der Waals surface area contributed by atoms with Crippen LogP contribution in [0, 0.1) is 17.0 Å². The Bertz CT molecular complexity index is 614. The number of hydrogen-bond donors (Lipinski definition) is 1. The third-order valence-corrected chi connectivity index (χ3v) is 5.28. The topological polar surface area (TPSA) is 107 Å². The molecule has 1 saturated heterocycles. The number of nitrogens with two attached hydrogens (primary N) is 1. The van der Waals surface area contributed by atoms with Crippen LogP contribution < -0.4 is 5.73 Å². The highest BCUT2D eigenvalue weighted by Crippen LogP contribution is 2.28. The van der Waals surface area contributed by atoms with E-state index in [1.165, 1.54) is 16.4 Å². The minimum absolute atomic E-state index is 0.0425. The van der Waals surface area contributed by atoms with Crippen molar-refractivity contribution in [3.05, 3.63) is 33.9 Å². The van der Waals surface area contributed by atoms with E-state index < -0.39 is 21.1 Å². The van der Waals surface area contributed by atoms with Crippen LogP contribution in [-0.2, 0) is 10.0 Å². The Morgan fingerprint density at radius 3 is 2.68 bits per heavy atom. The van der Waals surface area contributed by atoms with Crippen molar-refractivity contribution in [3.63, 3.8) is 0 Å². The van der Waals surface area contributed by atoms with Crippen molar-refractivity contribution in [1.82, 2.24) is 4.31 Å². The average Bonchev–Trinajstić information content (AvgIpc) is 2.76. The number of non-ortho nitro benzene ring substituents is 1. The number of nitro benzene ring substituents is 1. The monoisotopic (exact) mass is 285 g/mol. The molecule has 2 rings (SSSR count). The molecule has 8 heteroatoms. The van der Waals surface area contributed by atoms with Gasteiger partial charge in [-0.25, -0.2) is 8.42 Å². The molecular weight excluding hydrogens is 270 g/mol. The summed E-state index contributed by atoms with van der Waals surface area (Å²) in [5.41, 5.74) is 6.00. The van der Waals surface area contributed by atoms with E-state index in [0.29, 0.717) is 24.9 Å². The largest absolute Gasteiger partial charge is 0.315 e. The summed E-state index contributed by atoms with van der Waals surface area (Å²) in [6, 6.07) is 3.82. The number of nitrogens with zero attached hydrogens (tertiary/aromatic N) is 2. The summed E-state index contributed by atoms with van der Waals surface area (Å²) < 4.78 is 26.1. The second-order valence-corrected chi connectivity index (χ2v) is 6.39. The molecule has 1 fully saturated rings. The Morgan fingerprint density at radius 1 is 1.47 bits per heavy atom. The van der Waals surface area contributed by atoms with Gasteiger partial charge in [0.25, 0.3) is 5.69 Å². The Morgan fingerprint density at radius 2 is 2.16 bits per heavy atom. The highest BCUT2D eigenvalue weighted by Gasteiger charge is 2.34. The zero-order chi connectivity index (χ0) is 14.2. The minimum Gasteiger partial charge on any atom is -0.315 e. The highest BCUT2D eigenvalue weighted by molar-refractivity contribution is 7.89. The molecule has 0 radical (unpaired) electrons. The average molecular weight is 285 g/mol. The van der Waals surface area contributed by atoms with Gasteiger partial charge in [0.1, 0.15) is 0 Å². The lowest BCUT2D eigenvalue weighted by Crippen LogP contribution is -2.41. The molecule has 0 aromatic heterocycles. The molecule has 104 valence electrons. The molecule has 1 aromatic carbocycles. The molecule has 0 spiro atoms. The van der Waals surface area contributed by atoms with Crippen molar-refractivity contribution >= 4 is 15.7 Å². The van der Waals surface area contributed by atoms with Crippen LogP contribution in [0.3, 0.4) is 0 Å². The molecule has 1 unspecified atom stereocenters. The smallest absolute Gasteiger partial charge is 0.270 e. The molecule has 1 heterocycles. The van der Waals surface area contributed by atoms with Crippen molar-refractivity contribution in [2.24, 2.45) is 5.73 Å². The quantitative estimate of drug-likeness (QED) is 0.658. The SMILES string of the molecule is Cc1ccc([N+](=O)[O-])cc1S(=O)(=O)N1CCCC1N. The summed E-state index contributed by atoms with van der Waals surface area (Å²) in [5.74, 6) is 0. The standard InChI is InChI=1S/C11H15N3O4S/c1-8-4-5-9(14(15)16)7-10(8)19(17,18)13-6-2-3-11(13)12/h4-5,7,11H,2-3,6,12H2,1H3. The Hall–Kier alpha value is -1.51. The highest BCUT2D eigenvalue weighted by atomic mass is 32.2. The number of nitro groups is 1. The van der Waals surface area contributed by atoms with Gasteiger partial charge in [0.05, 0.1) is 16.0 Å². The van der Waals surface area contributed by atoms with E-state index in [1.54, 1.807) is 6.92 Å². The first kappa shape index (κ1) is 13.9. The minimum atomic E-state index is -3.77. The third kappa shape index (κ3) is 2.46. The van der Waals surface area contributed by atoms with Crippen LogP contribution >= 0.6 is 0 Å². The van der Waals surface area contributed by atoms with Crippen LogP contribution in [0.1, 0.15) is 18.4 Å². The van der Waals surface area contributed by atoms with Gasteiger partial charge >= 0.3 is 0 Å². The fourth-order valence-electron chi connectivity index (χ4n) is 2.17. The maximum absolute atomic E-state index is 12.5. The predicted octanol–water partition coefficient (Wildman–Crippen LogP) is 0.973. The van der Waals surface area contributed by atoms with E-state index in [2.05, 4.69) is 0 Å². The van der Waals surface area contributed by atoms with Gasteiger partial charge < -0.3 is 5.73 Å². The molecule has 7 nitrogen and oxygen atoms in total. The van der Waals surface area contributed by atoms with Crippen LogP contribution in [0.2, 0.25) is 0 Å². The first-order valence-corrected chi connectivity index (χ1v) is 7.30. The van der Waals surface area contributed by atoms with Gasteiger partial charge in [-0.2, -0.15) is 4.31 Å². The van der Waals surface area contributed by atoms with Crippen LogP contribution in [0.15, 0.2) is 23.1 Å². The van der Waals surface area contributed by atoms with Gasteiger partial charge in [-0.3, -0.25) is 10.1 Å². The van der Waals surface area contributed by atoms with Crippen LogP contribution in [0.5, 0.6) is 0 Å². The predicted molar refractivity (Wildman–Crippen MR) is 68.9 cm³/mol. The lowest BCUT2D eigenvalue weighted by molar-refractivity contribution is -0.385. The van der Waals surface area contributed by atoms with E-state index >= 15 is 0 Å². The number of hydrogen-bond acceptors (Lipinski definition) is 5. The number of benzene rings is 1. The number of aryl methyl sites for hydroxylation is 1. The second kappa shape index (κ2) is 4.87. The van der Waals surface area contributed by atoms with E-state index in [4.69, 9.17) is 5.73 Å². The van der Waals surface area contributed by atoms with Gasteiger partial charge in [-0.05, 0) is 25.3 Å². The molecule has 0 saturated carbocycles. The first-order chi connectivity index (χ1) is 8.84. The number of sulfonamides is 1. The Labute approximate surface area is 111 Å². The van der Waals surface area contributed by atoms with Crippen molar-refractivity contribution in [3.8, 4) is 0 Å². The van der Waals surface area contributed by atoms with Crippen molar-refractivity contribution in [2.45, 2.75) is 30.8 Å². The Kier molecular flexibility index (Phi) is 3.57.